The predicted molar refractivity (Wildman–Crippen MR) is 67.3 cm³/mol. The summed E-state index contributed by atoms with van der Waals surface area (Å²) in [6.07, 6.45) is 11.8. The lowest BCUT2D eigenvalue weighted by atomic mass is 9.97. The molecule has 3 rings (SSSR count). The molecule has 1 aliphatic carbocycles. The maximum Gasteiger partial charge on any atom is 0.179 e. The molecular formula is C14H18N2O. The van der Waals surface area contributed by atoms with Gasteiger partial charge < -0.3 is 9.51 Å². The van der Waals surface area contributed by atoms with E-state index in [9.17, 15) is 5.11 Å². The van der Waals surface area contributed by atoms with Crippen molar-refractivity contribution in [1.82, 2.24) is 9.38 Å². The van der Waals surface area contributed by atoms with Gasteiger partial charge in [0.25, 0.3) is 0 Å². The van der Waals surface area contributed by atoms with Crippen LogP contribution >= 0.6 is 0 Å². The summed E-state index contributed by atoms with van der Waals surface area (Å²) in [5.41, 5.74) is 1.95. The molecule has 0 saturated heterocycles. The van der Waals surface area contributed by atoms with Crippen molar-refractivity contribution in [3.05, 3.63) is 30.2 Å². The van der Waals surface area contributed by atoms with Crippen LogP contribution in [0.1, 0.15) is 50.1 Å². The van der Waals surface area contributed by atoms with Crippen LogP contribution in [0.3, 0.4) is 0 Å². The Bertz CT molecular complexity index is 510. The van der Waals surface area contributed by atoms with E-state index in [1.807, 2.05) is 22.9 Å². The zero-order valence-electron chi connectivity index (χ0n) is 9.97. The fourth-order valence-electron chi connectivity index (χ4n) is 2.89. The van der Waals surface area contributed by atoms with Gasteiger partial charge >= 0.3 is 0 Å². The molecule has 2 aromatic rings. The van der Waals surface area contributed by atoms with Crippen LogP contribution in [0.2, 0.25) is 0 Å². The highest BCUT2D eigenvalue weighted by Gasteiger charge is 2.18. The van der Waals surface area contributed by atoms with Crippen LogP contribution in [0.25, 0.3) is 5.65 Å². The summed E-state index contributed by atoms with van der Waals surface area (Å²) in [7, 11) is 0. The molecule has 1 fully saturated rings. The van der Waals surface area contributed by atoms with Crippen molar-refractivity contribution in [3.8, 4) is 5.75 Å². The summed E-state index contributed by atoms with van der Waals surface area (Å²) in [5, 5.41) is 9.76. The van der Waals surface area contributed by atoms with Gasteiger partial charge in [-0.15, -0.1) is 0 Å². The SMILES string of the molecule is Oc1cccn2c(C3CCCCCC3)cnc12. The number of pyridine rings is 1. The van der Waals surface area contributed by atoms with E-state index in [-0.39, 0.29) is 5.75 Å². The molecule has 0 atom stereocenters. The van der Waals surface area contributed by atoms with Gasteiger partial charge in [0.2, 0.25) is 0 Å². The summed E-state index contributed by atoms with van der Waals surface area (Å²) in [6, 6.07) is 3.57. The Kier molecular flexibility index (Phi) is 2.75. The van der Waals surface area contributed by atoms with Gasteiger partial charge in [0.1, 0.15) is 0 Å². The molecule has 1 saturated carbocycles. The molecule has 0 aromatic carbocycles. The molecule has 0 spiro atoms. The number of hydrogen-bond donors (Lipinski definition) is 1. The first-order valence-corrected chi connectivity index (χ1v) is 6.51. The fourth-order valence-corrected chi connectivity index (χ4v) is 2.89. The average Bonchev–Trinajstić information content (AvgIpc) is 2.59. The normalized spacial score (nSPS) is 18.4. The highest BCUT2D eigenvalue weighted by Crippen LogP contribution is 2.32. The minimum absolute atomic E-state index is 0.271. The Morgan fingerprint density at radius 3 is 2.71 bits per heavy atom. The van der Waals surface area contributed by atoms with Crippen LogP contribution in [-0.4, -0.2) is 14.5 Å². The van der Waals surface area contributed by atoms with E-state index in [4.69, 9.17) is 0 Å². The van der Waals surface area contributed by atoms with E-state index >= 15 is 0 Å². The molecule has 0 unspecified atom stereocenters. The molecule has 17 heavy (non-hydrogen) atoms. The molecule has 2 aromatic heterocycles. The number of imidazole rings is 1. The summed E-state index contributed by atoms with van der Waals surface area (Å²) < 4.78 is 2.05. The Morgan fingerprint density at radius 2 is 1.94 bits per heavy atom. The monoisotopic (exact) mass is 230 g/mol. The van der Waals surface area contributed by atoms with Crippen molar-refractivity contribution in [2.45, 2.75) is 44.4 Å². The van der Waals surface area contributed by atoms with Crippen LogP contribution in [0.4, 0.5) is 0 Å². The molecule has 1 N–H and O–H groups in total. The molecule has 0 bridgehead atoms. The maximum atomic E-state index is 9.76. The van der Waals surface area contributed by atoms with E-state index in [0.717, 1.165) is 0 Å². The first-order valence-electron chi connectivity index (χ1n) is 6.51. The smallest absolute Gasteiger partial charge is 0.179 e. The van der Waals surface area contributed by atoms with Gasteiger partial charge in [-0.1, -0.05) is 25.7 Å². The third-order valence-corrected chi connectivity index (χ3v) is 3.82. The van der Waals surface area contributed by atoms with Gasteiger partial charge in [-0.2, -0.15) is 0 Å². The average molecular weight is 230 g/mol. The lowest BCUT2D eigenvalue weighted by molar-refractivity contribution is 0.477. The van der Waals surface area contributed by atoms with E-state index in [0.29, 0.717) is 11.6 Å². The Balaban J connectivity index is 2.02. The topological polar surface area (TPSA) is 37.5 Å². The number of hydrogen-bond acceptors (Lipinski definition) is 2. The Hall–Kier alpha value is -1.51. The summed E-state index contributed by atoms with van der Waals surface area (Å²) in [4.78, 5) is 4.34. The third kappa shape index (κ3) is 1.90. The molecule has 0 amide bonds. The molecule has 3 nitrogen and oxygen atoms in total. The summed E-state index contributed by atoms with van der Waals surface area (Å²) in [6.45, 7) is 0. The first kappa shape index (κ1) is 10.6. The standard InChI is InChI=1S/C14H18N2O/c17-13-8-5-9-16-12(10-15-14(13)16)11-6-3-1-2-4-7-11/h5,8-11,17H,1-4,6-7H2. The number of fused-ring (bicyclic) bond motifs is 1. The lowest BCUT2D eigenvalue weighted by Crippen LogP contribution is -2.01. The summed E-state index contributed by atoms with van der Waals surface area (Å²) >= 11 is 0. The van der Waals surface area contributed by atoms with E-state index < -0.39 is 0 Å². The molecule has 90 valence electrons. The molecule has 0 aliphatic heterocycles. The highest BCUT2D eigenvalue weighted by atomic mass is 16.3. The number of aromatic hydroxyl groups is 1. The zero-order valence-corrected chi connectivity index (χ0v) is 9.97. The fraction of sp³-hybridized carbons (Fsp3) is 0.500. The second kappa shape index (κ2) is 4.40. The van der Waals surface area contributed by atoms with Gasteiger partial charge in [-0.3, -0.25) is 0 Å². The number of rotatable bonds is 1. The minimum Gasteiger partial charge on any atom is -0.504 e. The third-order valence-electron chi connectivity index (χ3n) is 3.82. The number of aromatic nitrogens is 2. The van der Waals surface area contributed by atoms with Crippen molar-refractivity contribution in [2.24, 2.45) is 0 Å². The minimum atomic E-state index is 0.271. The lowest BCUT2D eigenvalue weighted by Gasteiger charge is -2.13. The molecular weight excluding hydrogens is 212 g/mol. The van der Waals surface area contributed by atoms with Crippen molar-refractivity contribution in [2.75, 3.05) is 0 Å². The Morgan fingerprint density at radius 1 is 1.18 bits per heavy atom. The van der Waals surface area contributed by atoms with Gasteiger partial charge in [0, 0.05) is 24.0 Å². The van der Waals surface area contributed by atoms with E-state index in [2.05, 4.69) is 4.98 Å². The van der Waals surface area contributed by atoms with Crippen LogP contribution in [0.15, 0.2) is 24.5 Å². The van der Waals surface area contributed by atoms with Crippen molar-refractivity contribution < 1.29 is 5.11 Å². The largest absolute Gasteiger partial charge is 0.504 e. The zero-order chi connectivity index (χ0) is 11.7. The molecule has 3 heteroatoms. The molecule has 1 aliphatic rings. The molecule has 0 radical (unpaired) electrons. The van der Waals surface area contributed by atoms with Crippen LogP contribution in [-0.2, 0) is 0 Å². The summed E-state index contributed by atoms with van der Waals surface area (Å²) in [5.74, 6) is 0.877. The predicted octanol–water partition coefficient (Wildman–Crippen LogP) is 3.48. The van der Waals surface area contributed by atoms with Crippen molar-refractivity contribution in [1.29, 1.82) is 0 Å². The van der Waals surface area contributed by atoms with Crippen molar-refractivity contribution in [3.63, 3.8) is 0 Å². The van der Waals surface area contributed by atoms with Gasteiger partial charge in [0.15, 0.2) is 11.4 Å². The van der Waals surface area contributed by atoms with Gasteiger partial charge in [-0.05, 0) is 25.0 Å². The first-order chi connectivity index (χ1) is 8.36. The van der Waals surface area contributed by atoms with E-state index in [1.54, 1.807) is 6.07 Å². The number of nitrogens with zero attached hydrogens (tertiary/aromatic N) is 2. The van der Waals surface area contributed by atoms with Crippen molar-refractivity contribution >= 4 is 5.65 Å². The quantitative estimate of drug-likeness (QED) is 0.761. The van der Waals surface area contributed by atoms with Crippen LogP contribution in [0.5, 0.6) is 5.75 Å². The Labute approximate surface area is 101 Å². The second-order valence-corrected chi connectivity index (χ2v) is 4.96. The molecule has 2 heterocycles. The van der Waals surface area contributed by atoms with E-state index in [1.165, 1.54) is 44.2 Å². The maximum absolute atomic E-state index is 9.76. The van der Waals surface area contributed by atoms with Crippen LogP contribution in [0, 0.1) is 0 Å². The van der Waals surface area contributed by atoms with Gasteiger partial charge in [0.05, 0.1) is 0 Å². The van der Waals surface area contributed by atoms with Crippen LogP contribution < -0.4 is 0 Å². The second-order valence-electron chi connectivity index (χ2n) is 4.96. The van der Waals surface area contributed by atoms with Gasteiger partial charge in [-0.25, -0.2) is 4.98 Å². The highest BCUT2D eigenvalue weighted by molar-refractivity contribution is 5.53.